The number of hydrogen-bond donors (Lipinski definition) is 1. The van der Waals surface area contributed by atoms with Gasteiger partial charge in [0.25, 0.3) is 5.91 Å². The van der Waals surface area contributed by atoms with Crippen LogP contribution < -0.4 is 5.32 Å². The highest BCUT2D eigenvalue weighted by atomic mass is 32.2. The van der Waals surface area contributed by atoms with E-state index in [4.69, 9.17) is 14.2 Å². The number of dihydropyridines is 1. The van der Waals surface area contributed by atoms with Crippen LogP contribution in [-0.2, 0) is 43.2 Å². The summed E-state index contributed by atoms with van der Waals surface area (Å²) in [5.74, 6) is -4.86. The number of ether oxygens (including phenoxy) is 3. The van der Waals surface area contributed by atoms with Gasteiger partial charge in [-0.05, 0) is 33.6 Å². The molecule has 2 aliphatic heterocycles. The SMILES string of the molecule is CC[C@H](C)N(C(=O)COC(=O)C1C(C(=O)OC)=C(C)NC(C)=C1C(=O)OC)[C@@H]1CCS(=O)(=O)C1. The second-order valence-electron chi connectivity index (χ2n) is 8.34. The monoisotopic (exact) mass is 500 g/mol. The fourth-order valence-corrected chi connectivity index (χ4v) is 5.99. The first-order chi connectivity index (χ1) is 15.9. The maximum absolute atomic E-state index is 13.1. The Hall–Kier alpha value is -2.89. The molecule has 0 radical (unpaired) electrons. The molecule has 0 saturated carbocycles. The molecule has 0 aromatic heterocycles. The molecule has 0 aromatic carbocycles. The number of nitrogens with zero attached hydrogens (tertiary/aromatic N) is 1. The number of carbonyl (C=O) groups excluding carboxylic acids is 4. The maximum Gasteiger partial charge on any atom is 0.336 e. The number of rotatable bonds is 8. The molecule has 0 unspecified atom stereocenters. The standard InChI is InChI=1S/C22H32N2O9S/c1-7-12(2)24(15-8-9-34(29,30)11-15)16(25)10-33-22(28)19-17(20(26)31-5)13(3)23-14(4)18(19)21(27)32-6/h12,15,19,23H,7-11H2,1-6H3/t12-,15+/m0/s1. The smallest absolute Gasteiger partial charge is 0.336 e. The van der Waals surface area contributed by atoms with Gasteiger partial charge in [0, 0.05) is 23.5 Å². The molecule has 1 amide bonds. The van der Waals surface area contributed by atoms with Crippen LogP contribution in [0.25, 0.3) is 0 Å². The second kappa shape index (κ2) is 11.0. The lowest BCUT2D eigenvalue weighted by Gasteiger charge is -2.34. The molecule has 1 N–H and O–H groups in total. The van der Waals surface area contributed by atoms with Gasteiger partial charge in [0.15, 0.2) is 16.4 Å². The summed E-state index contributed by atoms with van der Waals surface area (Å²) in [6, 6.07) is -0.783. The summed E-state index contributed by atoms with van der Waals surface area (Å²) in [5.41, 5.74) is 0.323. The van der Waals surface area contributed by atoms with Gasteiger partial charge in [0.2, 0.25) is 0 Å². The van der Waals surface area contributed by atoms with Crippen molar-refractivity contribution in [3.63, 3.8) is 0 Å². The topological polar surface area (TPSA) is 145 Å². The molecule has 2 heterocycles. The lowest BCUT2D eigenvalue weighted by atomic mass is 9.85. The Kier molecular flexibility index (Phi) is 8.87. The molecule has 0 spiro atoms. The maximum atomic E-state index is 13.1. The molecule has 0 aromatic rings. The number of methoxy groups -OCH3 is 2. The Labute approximate surface area is 199 Å². The van der Waals surface area contributed by atoms with E-state index in [9.17, 15) is 27.6 Å². The van der Waals surface area contributed by atoms with Crippen molar-refractivity contribution in [1.29, 1.82) is 0 Å². The quantitative estimate of drug-likeness (QED) is 0.368. The van der Waals surface area contributed by atoms with Crippen molar-refractivity contribution in [2.75, 3.05) is 32.3 Å². The van der Waals surface area contributed by atoms with Crippen LogP contribution in [-0.4, -0.2) is 81.5 Å². The van der Waals surface area contributed by atoms with Crippen molar-refractivity contribution in [3.05, 3.63) is 22.5 Å². The van der Waals surface area contributed by atoms with E-state index in [-0.39, 0.29) is 28.7 Å². The Morgan fingerprint density at radius 1 is 1.06 bits per heavy atom. The first kappa shape index (κ1) is 27.4. The number of hydrogen-bond acceptors (Lipinski definition) is 10. The summed E-state index contributed by atoms with van der Waals surface area (Å²) in [4.78, 5) is 52.5. The Morgan fingerprint density at radius 3 is 2.00 bits per heavy atom. The number of nitrogens with one attached hydrogen (secondary N) is 1. The van der Waals surface area contributed by atoms with Gasteiger partial charge >= 0.3 is 17.9 Å². The summed E-state index contributed by atoms with van der Waals surface area (Å²) in [6.07, 6.45) is 0.886. The van der Waals surface area contributed by atoms with Crippen LogP contribution in [0.3, 0.4) is 0 Å². The lowest BCUT2D eigenvalue weighted by Crippen LogP contribution is -2.48. The van der Waals surface area contributed by atoms with E-state index in [2.05, 4.69) is 5.32 Å². The van der Waals surface area contributed by atoms with Gasteiger partial charge < -0.3 is 24.4 Å². The predicted octanol–water partition coefficient (Wildman–Crippen LogP) is 0.457. The van der Waals surface area contributed by atoms with Gasteiger partial charge in [0.05, 0.1) is 36.9 Å². The molecule has 0 aliphatic carbocycles. The molecule has 2 aliphatic rings. The molecule has 12 heteroatoms. The Bertz CT molecular complexity index is 991. The average Bonchev–Trinajstić information content (AvgIpc) is 3.14. The molecular weight excluding hydrogens is 468 g/mol. The number of carbonyl (C=O) groups is 4. The molecule has 1 saturated heterocycles. The third-order valence-corrected chi connectivity index (χ3v) is 7.85. The van der Waals surface area contributed by atoms with Crippen molar-refractivity contribution in [2.24, 2.45) is 5.92 Å². The molecule has 34 heavy (non-hydrogen) atoms. The summed E-state index contributed by atoms with van der Waals surface area (Å²) < 4.78 is 38.7. The minimum atomic E-state index is -3.24. The number of allylic oxidation sites excluding steroid dienone is 2. The van der Waals surface area contributed by atoms with Crippen molar-refractivity contribution in [2.45, 2.75) is 52.6 Å². The van der Waals surface area contributed by atoms with Gasteiger partial charge in [-0.15, -0.1) is 0 Å². The van der Waals surface area contributed by atoms with Crippen LogP contribution >= 0.6 is 0 Å². The van der Waals surface area contributed by atoms with Crippen molar-refractivity contribution >= 4 is 33.7 Å². The summed E-state index contributed by atoms with van der Waals surface area (Å²) in [7, 11) is -0.967. The summed E-state index contributed by atoms with van der Waals surface area (Å²) in [6.45, 7) is 6.06. The van der Waals surface area contributed by atoms with Gasteiger partial charge in [0.1, 0.15) is 5.92 Å². The third-order valence-electron chi connectivity index (χ3n) is 6.10. The normalized spacial score (nSPS) is 20.9. The van der Waals surface area contributed by atoms with Crippen molar-refractivity contribution in [3.8, 4) is 0 Å². The minimum Gasteiger partial charge on any atom is -0.466 e. The summed E-state index contributed by atoms with van der Waals surface area (Å²) in [5, 5.41) is 2.86. The lowest BCUT2D eigenvalue weighted by molar-refractivity contribution is -0.157. The van der Waals surface area contributed by atoms with Crippen LogP contribution in [0.5, 0.6) is 0 Å². The Morgan fingerprint density at radius 2 is 1.59 bits per heavy atom. The average molecular weight is 501 g/mol. The van der Waals surface area contributed by atoms with E-state index in [1.807, 2.05) is 6.92 Å². The molecule has 2 atom stereocenters. The van der Waals surface area contributed by atoms with E-state index in [0.717, 1.165) is 14.2 Å². The molecule has 2 rings (SSSR count). The molecule has 190 valence electrons. The molecular formula is C22H32N2O9S. The third kappa shape index (κ3) is 5.78. The van der Waals surface area contributed by atoms with Crippen LogP contribution in [0.4, 0.5) is 0 Å². The van der Waals surface area contributed by atoms with E-state index in [1.54, 1.807) is 20.8 Å². The van der Waals surface area contributed by atoms with Gasteiger partial charge in [-0.1, -0.05) is 6.92 Å². The van der Waals surface area contributed by atoms with E-state index in [1.165, 1.54) is 4.90 Å². The van der Waals surface area contributed by atoms with Crippen LogP contribution in [0.2, 0.25) is 0 Å². The largest absolute Gasteiger partial charge is 0.466 e. The van der Waals surface area contributed by atoms with Crippen molar-refractivity contribution in [1.82, 2.24) is 10.2 Å². The fourth-order valence-electron chi connectivity index (χ4n) is 4.28. The van der Waals surface area contributed by atoms with Crippen LogP contribution in [0, 0.1) is 5.92 Å². The number of esters is 3. The second-order valence-corrected chi connectivity index (χ2v) is 10.6. The van der Waals surface area contributed by atoms with Gasteiger partial charge in [-0.25, -0.2) is 18.0 Å². The highest BCUT2D eigenvalue weighted by molar-refractivity contribution is 7.91. The fraction of sp³-hybridized carbons (Fsp3) is 0.636. The zero-order valence-electron chi connectivity index (χ0n) is 20.3. The van der Waals surface area contributed by atoms with Crippen LogP contribution in [0.1, 0.15) is 40.5 Å². The first-order valence-corrected chi connectivity index (χ1v) is 12.7. The molecule has 11 nitrogen and oxygen atoms in total. The van der Waals surface area contributed by atoms with Gasteiger partial charge in [-0.3, -0.25) is 9.59 Å². The summed E-state index contributed by atoms with van der Waals surface area (Å²) >= 11 is 0. The minimum absolute atomic E-state index is 0.00807. The van der Waals surface area contributed by atoms with E-state index in [0.29, 0.717) is 24.2 Å². The van der Waals surface area contributed by atoms with Crippen LogP contribution in [0.15, 0.2) is 22.5 Å². The van der Waals surface area contributed by atoms with Crippen molar-refractivity contribution < 1.29 is 41.8 Å². The number of sulfone groups is 1. The Balaban J connectivity index is 2.30. The zero-order chi connectivity index (χ0) is 25.8. The van der Waals surface area contributed by atoms with E-state index >= 15 is 0 Å². The highest BCUT2D eigenvalue weighted by Crippen LogP contribution is 2.32. The van der Waals surface area contributed by atoms with Gasteiger partial charge in [-0.2, -0.15) is 0 Å². The highest BCUT2D eigenvalue weighted by Gasteiger charge is 2.43. The zero-order valence-corrected chi connectivity index (χ0v) is 21.1. The number of amides is 1. The molecule has 0 bridgehead atoms. The van der Waals surface area contributed by atoms with E-state index < -0.39 is 52.2 Å². The first-order valence-electron chi connectivity index (χ1n) is 10.9. The predicted molar refractivity (Wildman–Crippen MR) is 121 cm³/mol. The molecule has 1 fully saturated rings.